The van der Waals surface area contributed by atoms with Gasteiger partial charge in [-0.3, -0.25) is 14.5 Å². The van der Waals surface area contributed by atoms with Crippen LogP contribution in [0.15, 0.2) is 84.4 Å². The largest absolute Gasteiger partial charge is 0.507 e. The van der Waals surface area contributed by atoms with E-state index in [2.05, 4.69) is 0 Å². The topological polar surface area (TPSA) is 87.1 Å². The zero-order valence-corrected chi connectivity index (χ0v) is 16.9. The highest BCUT2D eigenvalue weighted by atomic mass is 16.5. The Labute approximate surface area is 179 Å². The van der Waals surface area contributed by atoms with Gasteiger partial charge in [0.05, 0.1) is 23.9 Å². The predicted octanol–water partition coefficient (Wildman–Crippen LogP) is 4.42. The molecule has 0 spiro atoms. The van der Waals surface area contributed by atoms with Crippen LogP contribution in [-0.4, -0.2) is 28.5 Å². The van der Waals surface area contributed by atoms with E-state index >= 15 is 0 Å². The van der Waals surface area contributed by atoms with E-state index in [9.17, 15) is 19.8 Å². The number of aliphatic hydroxyl groups is 1. The summed E-state index contributed by atoms with van der Waals surface area (Å²) < 4.78 is 5.50. The number of ether oxygens (including phenoxy) is 1. The van der Waals surface area contributed by atoms with Crippen LogP contribution >= 0.6 is 0 Å². The molecule has 31 heavy (non-hydrogen) atoms. The number of hydrogen-bond donors (Lipinski definition) is 2. The number of para-hydroxylation sites is 2. The molecule has 0 radical (unpaired) electrons. The maximum absolute atomic E-state index is 13.1. The van der Waals surface area contributed by atoms with Gasteiger partial charge in [-0.05, 0) is 36.8 Å². The van der Waals surface area contributed by atoms with Crippen molar-refractivity contribution in [1.29, 1.82) is 0 Å². The summed E-state index contributed by atoms with van der Waals surface area (Å²) in [5.74, 6) is -1.54. The minimum absolute atomic E-state index is 0.0481. The molecule has 2 N–H and O–H groups in total. The molecular formula is C25H21NO5. The number of anilines is 1. The van der Waals surface area contributed by atoms with E-state index in [1.165, 1.54) is 11.0 Å². The van der Waals surface area contributed by atoms with Gasteiger partial charge < -0.3 is 14.9 Å². The number of aromatic hydroxyl groups is 1. The molecule has 1 aliphatic rings. The van der Waals surface area contributed by atoms with Crippen LogP contribution in [-0.2, 0) is 9.59 Å². The lowest BCUT2D eigenvalue weighted by atomic mass is 9.95. The lowest BCUT2D eigenvalue weighted by Gasteiger charge is -2.26. The third-order valence-electron chi connectivity index (χ3n) is 5.12. The molecule has 3 aromatic carbocycles. The van der Waals surface area contributed by atoms with Gasteiger partial charge in [-0.2, -0.15) is 0 Å². The van der Waals surface area contributed by atoms with Crippen molar-refractivity contribution in [2.24, 2.45) is 0 Å². The molecule has 156 valence electrons. The molecule has 1 fully saturated rings. The Balaban J connectivity index is 1.93. The first-order valence-electron chi connectivity index (χ1n) is 9.90. The number of Topliss-reactive ketones (excluding diaryl/α,β-unsaturated/α-hetero) is 1. The van der Waals surface area contributed by atoms with Crippen molar-refractivity contribution in [3.63, 3.8) is 0 Å². The van der Waals surface area contributed by atoms with E-state index in [0.29, 0.717) is 23.5 Å². The average Bonchev–Trinajstić information content (AvgIpc) is 3.05. The van der Waals surface area contributed by atoms with Crippen LogP contribution in [0.3, 0.4) is 0 Å². The number of ketones is 1. The predicted molar refractivity (Wildman–Crippen MR) is 117 cm³/mol. The number of carbonyl (C=O) groups excluding carboxylic acids is 2. The van der Waals surface area contributed by atoms with Crippen molar-refractivity contribution in [2.45, 2.75) is 13.0 Å². The normalized spacial score (nSPS) is 17.7. The van der Waals surface area contributed by atoms with Gasteiger partial charge in [0.2, 0.25) is 0 Å². The first kappa shape index (κ1) is 20.2. The molecule has 0 bridgehead atoms. The van der Waals surface area contributed by atoms with Gasteiger partial charge in [0.25, 0.3) is 11.7 Å². The SMILES string of the molecule is CCOc1cccc(/C(O)=C2\C(=O)C(=O)N(c3ccccc3O)C2c2ccccc2)c1. The van der Waals surface area contributed by atoms with E-state index in [1.807, 2.05) is 13.0 Å². The zero-order valence-electron chi connectivity index (χ0n) is 16.9. The Morgan fingerprint density at radius 3 is 2.39 bits per heavy atom. The third kappa shape index (κ3) is 3.64. The van der Waals surface area contributed by atoms with Crippen LogP contribution < -0.4 is 9.64 Å². The minimum atomic E-state index is -0.898. The molecule has 1 amide bonds. The smallest absolute Gasteiger partial charge is 0.300 e. The van der Waals surface area contributed by atoms with Crippen LogP contribution in [0, 0.1) is 0 Å². The van der Waals surface area contributed by atoms with Crippen LogP contribution in [0.4, 0.5) is 5.69 Å². The molecule has 4 rings (SSSR count). The Hall–Kier alpha value is -4.06. The summed E-state index contributed by atoms with van der Waals surface area (Å²) >= 11 is 0. The van der Waals surface area contributed by atoms with E-state index in [4.69, 9.17) is 4.74 Å². The summed E-state index contributed by atoms with van der Waals surface area (Å²) in [4.78, 5) is 27.4. The maximum Gasteiger partial charge on any atom is 0.300 e. The minimum Gasteiger partial charge on any atom is -0.507 e. The van der Waals surface area contributed by atoms with Crippen molar-refractivity contribution in [2.75, 3.05) is 11.5 Å². The number of phenolic OH excluding ortho intramolecular Hbond substituents is 1. The van der Waals surface area contributed by atoms with Crippen LogP contribution in [0.25, 0.3) is 5.76 Å². The standard InChI is InChI=1S/C25H21NO5/c1-2-31-18-12-8-11-17(15-18)23(28)21-22(16-9-4-3-5-10-16)26(25(30)24(21)29)19-13-6-7-14-20(19)27/h3-15,22,27-28H,2H2,1H3/b23-21+. The number of hydrogen-bond acceptors (Lipinski definition) is 5. The number of amides is 1. The fourth-order valence-corrected chi connectivity index (χ4v) is 3.75. The first-order chi connectivity index (χ1) is 15.0. The Morgan fingerprint density at radius 2 is 1.68 bits per heavy atom. The monoisotopic (exact) mass is 415 g/mol. The second kappa shape index (κ2) is 8.36. The molecular weight excluding hydrogens is 394 g/mol. The van der Waals surface area contributed by atoms with Gasteiger partial charge in [-0.1, -0.05) is 54.6 Å². The molecule has 1 saturated heterocycles. The Morgan fingerprint density at radius 1 is 0.968 bits per heavy atom. The van der Waals surface area contributed by atoms with E-state index in [0.717, 1.165) is 0 Å². The average molecular weight is 415 g/mol. The molecule has 1 heterocycles. The van der Waals surface area contributed by atoms with Crippen LogP contribution in [0.1, 0.15) is 24.1 Å². The Kier molecular flexibility index (Phi) is 5.45. The van der Waals surface area contributed by atoms with Crippen LogP contribution in [0.5, 0.6) is 11.5 Å². The molecule has 0 aromatic heterocycles. The number of aliphatic hydroxyl groups excluding tert-OH is 1. The van der Waals surface area contributed by atoms with Crippen molar-refractivity contribution in [1.82, 2.24) is 0 Å². The van der Waals surface area contributed by atoms with Gasteiger partial charge in [0, 0.05) is 5.56 Å². The van der Waals surface area contributed by atoms with Gasteiger partial charge in [0.15, 0.2) is 0 Å². The number of phenols is 1. The van der Waals surface area contributed by atoms with Crippen molar-refractivity contribution < 1.29 is 24.5 Å². The summed E-state index contributed by atoms with van der Waals surface area (Å²) in [6.07, 6.45) is 0. The molecule has 3 aromatic rings. The summed E-state index contributed by atoms with van der Waals surface area (Å²) in [5, 5.41) is 21.5. The van der Waals surface area contributed by atoms with Gasteiger partial charge in [0.1, 0.15) is 17.3 Å². The lowest BCUT2D eigenvalue weighted by Crippen LogP contribution is -2.29. The molecule has 6 heteroatoms. The number of benzene rings is 3. The first-order valence-corrected chi connectivity index (χ1v) is 9.90. The maximum atomic E-state index is 13.1. The van der Waals surface area contributed by atoms with Crippen molar-refractivity contribution in [3.05, 3.63) is 95.6 Å². The number of nitrogens with zero attached hydrogens (tertiary/aromatic N) is 1. The number of rotatable bonds is 5. The molecule has 6 nitrogen and oxygen atoms in total. The fraction of sp³-hybridized carbons (Fsp3) is 0.120. The van der Waals surface area contributed by atoms with E-state index < -0.39 is 17.7 Å². The summed E-state index contributed by atoms with van der Waals surface area (Å²) in [7, 11) is 0. The molecule has 1 unspecified atom stereocenters. The van der Waals surface area contributed by atoms with E-state index in [-0.39, 0.29) is 22.8 Å². The van der Waals surface area contributed by atoms with Gasteiger partial charge in [-0.25, -0.2) is 0 Å². The zero-order chi connectivity index (χ0) is 22.0. The Bertz CT molecular complexity index is 1170. The number of carbonyl (C=O) groups is 2. The van der Waals surface area contributed by atoms with Crippen molar-refractivity contribution >= 4 is 23.1 Å². The van der Waals surface area contributed by atoms with E-state index in [1.54, 1.807) is 66.7 Å². The van der Waals surface area contributed by atoms with Gasteiger partial charge >= 0.3 is 0 Å². The second-order valence-corrected chi connectivity index (χ2v) is 7.03. The lowest BCUT2D eigenvalue weighted by molar-refractivity contribution is -0.132. The second-order valence-electron chi connectivity index (χ2n) is 7.03. The molecule has 1 aliphatic heterocycles. The molecule has 0 saturated carbocycles. The summed E-state index contributed by atoms with van der Waals surface area (Å²) in [5.41, 5.74) is 1.14. The fourth-order valence-electron chi connectivity index (χ4n) is 3.75. The highest BCUT2D eigenvalue weighted by Crippen LogP contribution is 2.44. The summed E-state index contributed by atoms with van der Waals surface area (Å²) in [6.45, 7) is 2.30. The highest BCUT2D eigenvalue weighted by Gasteiger charge is 2.47. The summed E-state index contributed by atoms with van der Waals surface area (Å²) in [6, 6.07) is 21.1. The van der Waals surface area contributed by atoms with Crippen LogP contribution in [0.2, 0.25) is 0 Å². The molecule has 0 aliphatic carbocycles. The molecule has 1 atom stereocenters. The van der Waals surface area contributed by atoms with Crippen molar-refractivity contribution in [3.8, 4) is 11.5 Å². The third-order valence-corrected chi connectivity index (χ3v) is 5.12. The quantitative estimate of drug-likeness (QED) is 0.366. The highest BCUT2D eigenvalue weighted by molar-refractivity contribution is 6.51. The van der Waals surface area contributed by atoms with Gasteiger partial charge in [-0.15, -0.1) is 0 Å².